The number of aliphatic imine (C=N–C) groups is 1. The molecule has 7 heteroatoms. The molecule has 170 valence electrons. The predicted molar refractivity (Wildman–Crippen MR) is 129 cm³/mol. The van der Waals surface area contributed by atoms with Gasteiger partial charge in [0.2, 0.25) is 5.91 Å². The Kier molecular flexibility index (Phi) is 10.6. The molecule has 0 aromatic heterocycles. The Bertz CT molecular complexity index is 950. The Labute approximate surface area is 190 Å². The van der Waals surface area contributed by atoms with E-state index in [1.165, 1.54) is 0 Å². The first-order valence-corrected chi connectivity index (χ1v) is 10.7. The molecule has 0 atom stereocenters. The number of rotatable bonds is 11. The number of guanidine groups is 1. The molecule has 0 heterocycles. The minimum absolute atomic E-state index is 0.0698. The molecule has 0 saturated heterocycles. The lowest BCUT2D eigenvalue weighted by atomic mass is 10.1. The van der Waals surface area contributed by atoms with Gasteiger partial charge in [0, 0.05) is 43.5 Å². The number of anilines is 1. The number of carbonyl (C=O) groups excluding carboxylic acids is 1. The number of benzene rings is 2. The lowest BCUT2D eigenvalue weighted by molar-refractivity contribution is -0.115. The molecule has 0 fully saturated rings. The van der Waals surface area contributed by atoms with E-state index in [1.807, 2.05) is 38.1 Å². The van der Waals surface area contributed by atoms with Crippen LogP contribution in [0.4, 0.5) is 5.69 Å². The molecule has 0 spiro atoms. The van der Waals surface area contributed by atoms with Crippen LogP contribution in [-0.2, 0) is 16.1 Å². The van der Waals surface area contributed by atoms with E-state index < -0.39 is 0 Å². The zero-order valence-electron chi connectivity index (χ0n) is 19.0. The molecule has 2 aromatic rings. The molecule has 0 radical (unpaired) electrons. The van der Waals surface area contributed by atoms with E-state index in [2.05, 4.69) is 26.9 Å². The summed E-state index contributed by atoms with van der Waals surface area (Å²) in [4.78, 5) is 16.9. The van der Waals surface area contributed by atoms with Crippen molar-refractivity contribution in [1.29, 1.82) is 0 Å². The monoisotopic (exact) mass is 436 g/mol. The van der Waals surface area contributed by atoms with Gasteiger partial charge in [0.25, 0.3) is 0 Å². The number of nitrogens with zero attached hydrogens (tertiary/aromatic N) is 1. The van der Waals surface area contributed by atoms with Crippen molar-refractivity contribution in [1.82, 2.24) is 10.6 Å². The van der Waals surface area contributed by atoms with Crippen molar-refractivity contribution in [2.75, 3.05) is 38.7 Å². The van der Waals surface area contributed by atoms with E-state index in [-0.39, 0.29) is 12.5 Å². The average Bonchev–Trinajstić information content (AvgIpc) is 2.79. The maximum atomic E-state index is 12.3. The highest BCUT2D eigenvalue weighted by Crippen LogP contribution is 2.21. The molecule has 0 saturated carbocycles. The van der Waals surface area contributed by atoms with Gasteiger partial charge in [-0.25, -0.2) is 4.99 Å². The van der Waals surface area contributed by atoms with Gasteiger partial charge in [0.1, 0.15) is 5.75 Å². The Hall–Kier alpha value is -3.50. The van der Waals surface area contributed by atoms with Crippen molar-refractivity contribution in [2.24, 2.45) is 4.99 Å². The summed E-state index contributed by atoms with van der Waals surface area (Å²) >= 11 is 0. The van der Waals surface area contributed by atoms with Crippen molar-refractivity contribution < 1.29 is 14.3 Å². The molecule has 0 aliphatic rings. The second-order valence-electron chi connectivity index (χ2n) is 7.13. The predicted octanol–water partition coefficient (Wildman–Crippen LogP) is 3.09. The van der Waals surface area contributed by atoms with Crippen LogP contribution in [0, 0.1) is 19.3 Å². The summed E-state index contributed by atoms with van der Waals surface area (Å²) in [5.74, 6) is 3.72. The fourth-order valence-corrected chi connectivity index (χ4v) is 2.87. The number of carbonyl (C=O) groups is 1. The van der Waals surface area contributed by atoms with E-state index in [9.17, 15) is 4.79 Å². The lowest BCUT2D eigenvalue weighted by Crippen LogP contribution is -2.41. The fraction of sp³-hybridized carbons (Fsp3) is 0.360. The maximum absolute atomic E-state index is 12.3. The van der Waals surface area contributed by atoms with Crippen LogP contribution in [-0.4, -0.2) is 45.3 Å². The van der Waals surface area contributed by atoms with Crippen LogP contribution in [0.25, 0.3) is 0 Å². The number of nitrogens with one attached hydrogen (secondary N) is 3. The maximum Gasteiger partial charge on any atom is 0.243 e. The summed E-state index contributed by atoms with van der Waals surface area (Å²) in [5.41, 5.74) is 3.46. The normalized spacial score (nSPS) is 10.9. The highest BCUT2D eigenvalue weighted by molar-refractivity contribution is 5.95. The molecular weight excluding hydrogens is 404 g/mol. The van der Waals surface area contributed by atoms with Crippen LogP contribution in [0.1, 0.15) is 30.0 Å². The second-order valence-corrected chi connectivity index (χ2v) is 7.13. The molecule has 2 rings (SSSR count). The Morgan fingerprint density at radius 2 is 2.00 bits per heavy atom. The van der Waals surface area contributed by atoms with Gasteiger partial charge in [-0.2, -0.15) is 0 Å². The number of hydrogen-bond donors (Lipinski definition) is 3. The fourth-order valence-electron chi connectivity index (χ4n) is 2.87. The van der Waals surface area contributed by atoms with Gasteiger partial charge < -0.3 is 25.4 Å². The molecule has 3 N–H and O–H groups in total. The molecule has 0 aliphatic heterocycles. The molecule has 2 aromatic carbocycles. The van der Waals surface area contributed by atoms with Crippen molar-refractivity contribution in [3.05, 3.63) is 59.2 Å². The Morgan fingerprint density at radius 1 is 1.16 bits per heavy atom. The lowest BCUT2D eigenvalue weighted by Gasteiger charge is -2.14. The summed E-state index contributed by atoms with van der Waals surface area (Å²) in [6, 6.07) is 13.2. The van der Waals surface area contributed by atoms with Gasteiger partial charge in [0.05, 0.1) is 19.7 Å². The zero-order chi connectivity index (χ0) is 23.2. The van der Waals surface area contributed by atoms with Crippen molar-refractivity contribution in [2.45, 2.75) is 26.8 Å². The van der Waals surface area contributed by atoms with Crippen LogP contribution in [0.2, 0.25) is 0 Å². The zero-order valence-corrected chi connectivity index (χ0v) is 19.0. The first-order valence-electron chi connectivity index (χ1n) is 10.7. The van der Waals surface area contributed by atoms with E-state index in [0.717, 1.165) is 23.3 Å². The first-order chi connectivity index (χ1) is 15.5. The molecule has 0 unspecified atom stereocenters. The van der Waals surface area contributed by atoms with Gasteiger partial charge in [-0.3, -0.25) is 4.79 Å². The van der Waals surface area contributed by atoms with Crippen molar-refractivity contribution in [3.8, 4) is 18.1 Å². The first kappa shape index (κ1) is 24.8. The van der Waals surface area contributed by atoms with Gasteiger partial charge in [-0.15, -0.1) is 6.42 Å². The van der Waals surface area contributed by atoms with E-state index >= 15 is 0 Å². The minimum atomic E-state index is -0.192. The highest BCUT2D eigenvalue weighted by Gasteiger charge is 2.07. The SMILES string of the molecule is C#Cc1cccc(NC(=O)CNC(=NCc2ccc(C)cc2OCCCOC)NCC)c1. The number of terminal acetylenes is 1. The Morgan fingerprint density at radius 3 is 2.75 bits per heavy atom. The molecular formula is C25H32N4O3. The smallest absolute Gasteiger partial charge is 0.243 e. The number of methoxy groups -OCH3 is 1. The number of aryl methyl sites for hydroxylation is 1. The van der Waals surface area contributed by atoms with Crippen molar-refractivity contribution in [3.63, 3.8) is 0 Å². The summed E-state index contributed by atoms with van der Waals surface area (Å²) in [6.07, 6.45) is 6.22. The van der Waals surface area contributed by atoms with E-state index in [1.54, 1.807) is 25.3 Å². The quantitative estimate of drug-likeness (QED) is 0.218. The van der Waals surface area contributed by atoms with Gasteiger partial charge in [-0.05, 0) is 43.7 Å². The summed E-state index contributed by atoms with van der Waals surface area (Å²) in [6.45, 7) is 6.39. The van der Waals surface area contributed by atoms with Crippen LogP contribution in [0.15, 0.2) is 47.5 Å². The average molecular weight is 437 g/mol. The minimum Gasteiger partial charge on any atom is -0.493 e. The molecule has 1 amide bonds. The molecule has 7 nitrogen and oxygen atoms in total. The molecule has 0 bridgehead atoms. The van der Waals surface area contributed by atoms with Crippen LogP contribution >= 0.6 is 0 Å². The third kappa shape index (κ3) is 8.70. The third-order valence-corrected chi connectivity index (χ3v) is 4.45. The molecule has 32 heavy (non-hydrogen) atoms. The van der Waals surface area contributed by atoms with E-state index in [0.29, 0.717) is 43.5 Å². The van der Waals surface area contributed by atoms with Gasteiger partial charge in [0.15, 0.2) is 5.96 Å². The molecule has 0 aliphatic carbocycles. The summed E-state index contributed by atoms with van der Waals surface area (Å²) < 4.78 is 11.0. The van der Waals surface area contributed by atoms with Gasteiger partial charge in [-0.1, -0.05) is 24.1 Å². The number of hydrogen-bond acceptors (Lipinski definition) is 4. The summed E-state index contributed by atoms with van der Waals surface area (Å²) in [5, 5.41) is 9.04. The van der Waals surface area contributed by atoms with E-state index in [4.69, 9.17) is 15.9 Å². The number of amides is 1. The third-order valence-electron chi connectivity index (χ3n) is 4.45. The summed E-state index contributed by atoms with van der Waals surface area (Å²) in [7, 11) is 1.68. The van der Waals surface area contributed by atoms with Crippen molar-refractivity contribution >= 4 is 17.6 Å². The Balaban J connectivity index is 1.97. The second kappa shape index (κ2) is 13.7. The largest absolute Gasteiger partial charge is 0.493 e. The van der Waals surface area contributed by atoms with Crippen LogP contribution < -0.4 is 20.7 Å². The van der Waals surface area contributed by atoms with Crippen LogP contribution in [0.5, 0.6) is 5.75 Å². The topological polar surface area (TPSA) is 84.0 Å². The standard InChI is InChI=1S/C25H32N4O3/c1-5-20-9-7-10-22(16-20)29-24(30)18-28-25(26-6-2)27-17-21-12-11-19(3)15-23(21)32-14-8-13-31-4/h1,7,9-12,15-16H,6,8,13-14,17-18H2,2-4H3,(H,29,30)(H2,26,27,28). The van der Waals surface area contributed by atoms with Gasteiger partial charge >= 0.3 is 0 Å². The highest BCUT2D eigenvalue weighted by atomic mass is 16.5. The van der Waals surface area contributed by atoms with Crippen LogP contribution in [0.3, 0.4) is 0 Å². The number of ether oxygens (including phenoxy) is 2.